The molecule has 1 saturated heterocycles. The van der Waals surface area contributed by atoms with Gasteiger partial charge in [0.2, 0.25) is 0 Å². The van der Waals surface area contributed by atoms with Crippen LogP contribution in [0.15, 0.2) is 6.07 Å². The third kappa shape index (κ3) is 3.79. The van der Waals surface area contributed by atoms with Crippen molar-refractivity contribution in [1.82, 2.24) is 10.3 Å². The number of nitrogen functional groups attached to an aromatic ring is 1. The molecule has 1 aromatic rings. The van der Waals surface area contributed by atoms with Gasteiger partial charge in [-0.1, -0.05) is 0 Å². The largest absolute Gasteiger partial charge is 0.390 e. The topological polar surface area (TPSA) is 78.6 Å². The van der Waals surface area contributed by atoms with Gasteiger partial charge >= 0.3 is 0 Å². The van der Waals surface area contributed by atoms with Crippen molar-refractivity contribution in [1.29, 1.82) is 0 Å². The Bertz CT molecular complexity index is 485. The Labute approximate surface area is 123 Å². The molecule has 5 nitrogen and oxygen atoms in total. The predicted molar refractivity (Wildman–Crippen MR) is 80.5 cm³/mol. The van der Waals surface area contributed by atoms with E-state index in [4.69, 9.17) is 5.84 Å². The van der Waals surface area contributed by atoms with E-state index in [1.165, 1.54) is 16.9 Å². The molecule has 0 radical (unpaired) electrons. The number of hydrogen-bond acceptors (Lipinski definition) is 5. The van der Waals surface area contributed by atoms with Crippen molar-refractivity contribution in [3.8, 4) is 0 Å². The van der Waals surface area contributed by atoms with Gasteiger partial charge in [0, 0.05) is 18.0 Å². The van der Waals surface area contributed by atoms with E-state index in [2.05, 4.69) is 10.3 Å². The molecule has 0 aliphatic carbocycles. The molecule has 1 unspecified atom stereocenters. The third-order valence-corrected chi connectivity index (χ3v) is 5.02. The maximum Gasteiger partial charge on any atom is 0.275 e. The van der Waals surface area contributed by atoms with Crippen molar-refractivity contribution in [2.45, 2.75) is 45.3 Å². The number of hydrogen-bond donors (Lipinski definition) is 3. The zero-order valence-corrected chi connectivity index (χ0v) is 12.9. The summed E-state index contributed by atoms with van der Waals surface area (Å²) in [6.45, 7) is 6.65. The fourth-order valence-electron chi connectivity index (χ4n) is 2.58. The second kappa shape index (κ2) is 6.22. The normalized spacial score (nSPS) is 24.4. The molecule has 1 aliphatic heterocycles. The Balaban J connectivity index is 2.03. The minimum absolute atomic E-state index is 0.233. The second-order valence-electron chi connectivity index (χ2n) is 5.79. The van der Waals surface area contributed by atoms with E-state index in [9.17, 15) is 9.90 Å². The first-order valence-electron chi connectivity index (χ1n) is 6.96. The summed E-state index contributed by atoms with van der Waals surface area (Å²) in [5, 5.41) is 10.1. The van der Waals surface area contributed by atoms with Gasteiger partial charge in [0.25, 0.3) is 5.91 Å². The van der Waals surface area contributed by atoms with Crippen LogP contribution in [0.5, 0.6) is 0 Å². The lowest BCUT2D eigenvalue weighted by atomic mass is 9.98. The molecule has 4 N–H and O–H groups in total. The summed E-state index contributed by atoms with van der Waals surface area (Å²) in [6, 6.07) is 1.92. The average Bonchev–Trinajstić information content (AvgIpc) is 2.66. The first kappa shape index (κ1) is 15.4. The fraction of sp³-hybridized carbons (Fsp3) is 0.643. The van der Waals surface area contributed by atoms with Crippen molar-refractivity contribution in [2.75, 3.05) is 13.1 Å². The summed E-state index contributed by atoms with van der Waals surface area (Å²) < 4.78 is 0. The molecule has 1 aliphatic rings. The lowest BCUT2D eigenvalue weighted by Gasteiger charge is -2.22. The van der Waals surface area contributed by atoms with Crippen LogP contribution in [-0.2, 0) is 6.54 Å². The summed E-state index contributed by atoms with van der Waals surface area (Å²) in [5.74, 6) is 4.93. The standard InChI is InChI=1S/C14H23N3O2S/c1-10-11(8-12(20-10)13(18)16-15)9-17-6-3-4-14(2,19)5-7-17/h8,19H,3-7,9,15H2,1-2H3,(H,16,18). The lowest BCUT2D eigenvalue weighted by Crippen LogP contribution is -2.29. The van der Waals surface area contributed by atoms with Gasteiger partial charge in [0.1, 0.15) is 0 Å². The van der Waals surface area contributed by atoms with Gasteiger partial charge in [-0.3, -0.25) is 15.1 Å². The Hall–Kier alpha value is -0.950. The van der Waals surface area contributed by atoms with Crippen LogP contribution in [0, 0.1) is 6.92 Å². The third-order valence-electron chi connectivity index (χ3n) is 3.93. The quantitative estimate of drug-likeness (QED) is 0.448. The van der Waals surface area contributed by atoms with Gasteiger partial charge in [-0.05, 0) is 51.3 Å². The van der Waals surface area contributed by atoms with Crippen LogP contribution in [0.4, 0.5) is 0 Å². The number of nitrogens with one attached hydrogen (secondary N) is 1. The van der Waals surface area contributed by atoms with Crippen LogP contribution in [0.3, 0.4) is 0 Å². The number of likely N-dealkylation sites (tertiary alicyclic amines) is 1. The highest BCUT2D eigenvalue weighted by Crippen LogP contribution is 2.26. The molecule has 2 rings (SSSR count). The summed E-state index contributed by atoms with van der Waals surface area (Å²) >= 11 is 1.47. The molecule has 1 atom stereocenters. The SMILES string of the molecule is Cc1sc(C(=O)NN)cc1CN1CCCC(C)(O)CC1. The van der Waals surface area contributed by atoms with Crippen LogP contribution in [-0.4, -0.2) is 34.6 Å². The molecular weight excluding hydrogens is 274 g/mol. The summed E-state index contributed by atoms with van der Waals surface area (Å²) in [4.78, 5) is 15.7. The van der Waals surface area contributed by atoms with E-state index in [1.54, 1.807) is 0 Å². The molecular formula is C14H23N3O2S. The maximum absolute atomic E-state index is 11.5. The Kier molecular flexibility index (Phi) is 4.80. The summed E-state index contributed by atoms with van der Waals surface area (Å²) in [7, 11) is 0. The van der Waals surface area contributed by atoms with Gasteiger partial charge in [0.05, 0.1) is 10.5 Å². The van der Waals surface area contributed by atoms with E-state index in [1.807, 2.05) is 19.9 Å². The molecule has 1 aromatic heterocycles. The highest BCUT2D eigenvalue weighted by atomic mass is 32.1. The minimum Gasteiger partial charge on any atom is -0.390 e. The number of rotatable bonds is 3. The van der Waals surface area contributed by atoms with E-state index < -0.39 is 5.60 Å². The molecule has 0 saturated carbocycles. The molecule has 20 heavy (non-hydrogen) atoms. The van der Waals surface area contributed by atoms with E-state index >= 15 is 0 Å². The van der Waals surface area contributed by atoms with Crippen LogP contribution >= 0.6 is 11.3 Å². The van der Waals surface area contributed by atoms with Crippen molar-refractivity contribution >= 4 is 17.2 Å². The highest BCUT2D eigenvalue weighted by Gasteiger charge is 2.25. The number of nitrogens with zero attached hydrogens (tertiary/aromatic N) is 1. The smallest absolute Gasteiger partial charge is 0.275 e. The first-order valence-corrected chi connectivity index (χ1v) is 7.78. The number of nitrogens with two attached hydrogens (primary N) is 1. The van der Waals surface area contributed by atoms with E-state index in [-0.39, 0.29) is 5.91 Å². The Morgan fingerprint density at radius 2 is 2.30 bits per heavy atom. The first-order chi connectivity index (χ1) is 9.41. The molecule has 112 valence electrons. The van der Waals surface area contributed by atoms with Gasteiger partial charge in [-0.15, -0.1) is 11.3 Å². The number of aryl methyl sites for hydroxylation is 1. The zero-order chi connectivity index (χ0) is 14.8. The highest BCUT2D eigenvalue weighted by molar-refractivity contribution is 7.14. The maximum atomic E-state index is 11.5. The van der Waals surface area contributed by atoms with Crippen molar-refractivity contribution in [3.63, 3.8) is 0 Å². The summed E-state index contributed by atoms with van der Waals surface area (Å²) in [6.07, 6.45) is 2.66. The summed E-state index contributed by atoms with van der Waals surface area (Å²) in [5.41, 5.74) is 2.81. The lowest BCUT2D eigenvalue weighted by molar-refractivity contribution is 0.0444. The fourth-order valence-corrected chi connectivity index (χ4v) is 3.52. The van der Waals surface area contributed by atoms with E-state index in [0.717, 1.165) is 43.8 Å². The minimum atomic E-state index is -0.539. The molecule has 2 heterocycles. The predicted octanol–water partition coefficient (Wildman–Crippen LogP) is 1.40. The number of amides is 1. The van der Waals surface area contributed by atoms with Gasteiger partial charge in [-0.2, -0.15) is 0 Å². The molecule has 1 amide bonds. The average molecular weight is 297 g/mol. The van der Waals surface area contributed by atoms with Crippen LogP contribution in [0.1, 0.15) is 46.3 Å². The van der Waals surface area contributed by atoms with Crippen molar-refractivity contribution in [2.24, 2.45) is 5.84 Å². The number of hydrazine groups is 1. The molecule has 0 aromatic carbocycles. The zero-order valence-electron chi connectivity index (χ0n) is 12.1. The molecule has 1 fully saturated rings. The number of aliphatic hydroxyl groups is 1. The van der Waals surface area contributed by atoms with Crippen molar-refractivity contribution in [3.05, 3.63) is 21.4 Å². The van der Waals surface area contributed by atoms with Crippen molar-refractivity contribution < 1.29 is 9.90 Å². The van der Waals surface area contributed by atoms with Crippen LogP contribution < -0.4 is 11.3 Å². The number of carbonyl (C=O) groups is 1. The van der Waals surface area contributed by atoms with E-state index in [0.29, 0.717) is 4.88 Å². The number of carbonyl (C=O) groups excluding carboxylic acids is 1. The van der Waals surface area contributed by atoms with Gasteiger partial charge < -0.3 is 5.11 Å². The second-order valence-corrected chi connectivity index (χ2v) is 7.05. The molecule has 0 spiro atoms. The monoisotopic (exact) mass is 297 g/mol. The van der Waals surface area contributed by atoms with Gasteiger partial charge in [0.15, 0.2) is 0 Å². The van der Waals surface area contributed by atoms with Gasteiger partial charge in [-0.25, -0.2) is 5.84 Å². The Morgan fingerprint density at radius 3 is 3.00 bits per heavy atom. The number of thiophene rings is 1. The van der Waals surface area contributed by atoms with Crippen LogP contribution in [0.2, 0.25) is 0 Å². The van der Waals surface area contributed by atoms with Crippen LogP contribution in [0.25, 0.3) is 0 Å². The molecule has 0 bridgehead atoms. The Morgan fingerprint density at radius 1 is 1.55 bits per heavy atom. The molecule has 6 heteroatoms.